The summed E-state index contributed by atoms with van der Waals surface area (Å²) in [4.78, 5) is 65.4. The Morgan fingerprint density at radius 2 is 1.75 bits per heavy atom. The van der Waals surface area contributed by atoms with E-state index in [1.807, 2.05) is 0 Å². The van der Waals surface area contributed by atoms with Crippen molar-refractivity contribution in [3.8, 4) is 0 Å². The lowest BCUT2D eigenvalue weighted by molar-refractivity contribution is -0.384. The van der Waals surface area contributed by atoms with Gasteiger partial charge < -0.3 is 9.84 Å². The maximum absolute atomic E-state index is 14.1. The highest BCUT2D eigenvalue weighted by atomic mass is 16.6. The Labute approximate surface area is 228 Å². The number of esters is 1. The first-order chi connectivity index (χ1) is 19.2. The molecule has 0 aromatic heterocycles. The van der Waals surface area contributed by atoms with Crippen LogP contribution in [0.1, 0.15) is 34.5 Å². The number of carbonyl (C=O) groups is 4. The number of carbonyl (C=O) groups excluding carboxylic acids is 3. The number of carboxylic acid groups (broad SMARTS) is 1. The Hall–Kier alpha value is -4.90. The van der Waals surface area contributed by atoms with E-state index in [-0.39, 0.29) is 30.0 Å². The van der Waals surface area contributed by atoms with Gasteiger partial charge in [0.15, 0.2) is 0 Å². The summed E-state index contributed by atoms with van der Waals surface area (Å²) in [5, 5.41) is 24.2. The van der Waals surface area contributed by atoms with E-state index in [2.05, 4.69) is 5.32 Å². The molecule has 3 aromatic rings. The van der Waals surface area contributed by atoms with Crippen molar-refractivity contribution >= 4 is 35.1 Å². The lowest BCUT2D eigenvalue weighted by Gasteiger charge is -2.33. The molecule has 2 N–H and O–H groups in total. The summed E-state index contributed by atoms with van der Waals surface area (Å²) in [5.41, 5.74) is -0.915. The third-order valence-electron chi connectivity index (χ3n) is 7.41. The molecule has 3 aromatic carbocycles. The number of imide groups is 1. The predicted molar refractivity (Wildman–Crippen MR) is 141 cm³/mol. The van der Waals surface area contributed by atoms with Crippen LogP contribution in [0.15, 0.2) is 78.9 Å². The van der Waals surface area contributed by atoms with Gasteiger partial charge in [-0.05, 0) is 36.2 Å². The normalized spacial score (nSPS) is 23.6. The van der Waals surface area contributed by atoms with E-state index in [0.717, 1.165) is 4.90 Å². The second-order valence-electron chi connectivity index (χ2n) is 9.70. The second-order valence-corrected chi connectivity index (χ2v) is 9.70. The molecule has 11 nitrogen and oxygen atoms in total. The van der Waals surface area contributed by atoms with Gasteiger partial charge in [-0.3, -0.25) is 29.8 Å². The Bertz CT molecular complexity index is 1520. The van der Waals surface area contributed by atoms with E-state index in [9.17, 15) is 34.4 Å². The van der Waals surface area contributed by atoms with Crippen LogP contribution in [0, 0.1) is 22.0 Å². The molecule has 0 saturated carbocycles. The van der Waals surface area contributed by atoms with Crippen molar-refractivity contribution < 1.29 is 33.9 Å². The molecule has 0 radical (unpaired) electrons. The van der Waals surface area contributed by atoms with Gasteiger partial charge in [0.1, 0.15) is 5.54 Å². The molecule has 2 amide bonds. The minimum absolute atomic E-state index is 0.00128. The summed E-state index contributed by atoms with van der Waals surface area (Å²) in [7, 11) is 0. The summed E-state index contributed by atoms with van der Waals surface area (Å²) in [6, 6.07) is 19.1. The summed E-state index contributed by atoms with van der Waals surface area (Å²) < 4.78 is 5.46. The van der Waals surface area contributed by atoms with Crippen molar-refractivity contribution in [1.82, 2.24) is 5.32 Å². The molecule has 40 heavy (non-hydrogen) atoms. The number of rotatable bonds is 8. The number of ether oxygens (including phenoxy) is 1. The van der Waals surface area contributed by atoms with Gasteiger partial charge in [0, 0.05) is 24.6 Å². The second kappa shape index (κ2) is 10.3. The maximum atomic E-state index is 14.1. The average molecular weight is 544 g/mol. The Morgan fingerprint density at radius 3 is 2.42 bits per heavy atom. The van der Waals surface area contributed by atoms with Gasteiger partial charge in [0.05, 0.1) is 34.6 Å². The van der Waals surface area contributed by atoms with Gasteiger partial charge in [-0.1, -0.05) is 48.5 Å². The van der Waals surface area contributed by atoms with Crippen molar-refractivity contribution in [2.24, 2.45) is 11.8 Å². The number of hydrogen-bond donors (Lipinski definition) is 2. The van der Waals surface area contributed by atoms with Crippen LogP contribution in [-0.4, -0.2) is 45.9 Å². The van der Waals surface area contributed by atoms with E-state index in [0.29, 0.717) is 11.1 Å². The zero-order valence-electron chi connectivity index (χ0n) is 21.4. The fraction of sp³-hybridized carbons (Fsp3) is 0.241. The number of hydrogen-bond acceptors (Lipinski definition) is 8. The number of nitrogens with one attached hydrogen (secondary N) is 1. The number of aromatic carboxylic acids is 1. The van der Waals surface area contributed by atoms with Gasteiger partial charge in [0.25, 0.3) is 5.69 Å². The Morgan fingerprint density at radius 1 is 1.02 bits per heavy atom. The minimum Gasteiger partial charge on any atom is -0.478 e. The fourth-order valence-electron chi connectivity index (χ4n) is 5.75. The van der Waals surface area contributed by atoms with Crippen molar-refractivity contribution in [2.75, 3.05) is 11.5 Å². The van der Waals surface area contributed by atoms with E-state index >= 15 is 0 Å². The number of nitro groups is 1. The van der Waals surface area contributed by atoms with E-state index < -0.39 is 52.1 Å². The lowest BCUT2D eigenvalue weighted by atomic mass is 9.76. The summed E-state index contributed by atoms with van der Waals surface area (Å²) in [6.07, 6.45) is 0.00128. The number of non-ortho nitro benzene ring substituents is 1. The molecule has 0 unspecified atom stereocenters. The van der Waals surface area contributed by atoms with Gasteiger partial charge in [-0.2, -0.15) is 0 Å². The van der Waals surface area contributed by atoms with Gasteiger partial charge in [0.2, 0.25) is 11.8 Å². The number of fused-ring (bicyclic) bond motifs is 1. The van der Waals surface area contributed by atoms with Crippen LogP contribution in [0.3, 0.4) is 0 Å². The number of amides is 2. The third kappa shape index (κ3) is 4.39. The first kappa shape index (κ1) is 26.7. The molecule has 204 valence electrons. The van der Waals surface area contributed by atoms with Crippen molar-refractivity contribution in [2.45, 2.75) is 24.9 Å². The van der Waals surface area contributed by atoms with Crippen LogP contribution < -0.4 is 10.2 Å². The molecule has 0 bridgehead atoms. The van der Waals surface area contributed by atoms with Crippen molar-refractivity contribution in [3.63, 3.8) is 0 Å². The number of nitrogens with zero attached hydrogens (tertiary/aromatic N) is 2. The first-order valence-electron chi connectivity index (χ1n) is 12.6. The average Bonchev–Trinajstić information content (AvgIpc) is 3.43. The van der Waals surface area contributed by atoms with Gasteiger partial charge >= 0.3 is 11.9 Å². The highest BCUT2D eigenvalue weighted by Gasteiger charge is 2.69. The summed E-state index contributed by atoms with van der Waals surface area (Å²) in [6.45, 7) is 1.65. The lowest BCUT2D eigenvalue weighted by Crippen LogP contribution is -2.58. The molecule has 2 fully saturated rings. The smallest absolute Gasteiger partial charge is 0.335 e. The standard InChI is InChI=1S/C29H25N3O8/c1-2-40-28(37)29(16-17-8-4-3-5-9-17)23-22(24(30-29)18-10-6-13-21(14-18)32(38)39)25(33)31(26(23)34)20-12-7-11-19(15-20)27(35)36/h3-15,22-24,30H,2,16H2,1H3,(H,35,36)/t22-,23-,24-,29-/m0/s1. The molecule has 11 heteroatoms. The third-order valence-corrected chi connectivity index (χ3v) is 7.41. The first-order valence-corrected chi connectivity index (χ1v) is 12.6. The molecule has 2 saturated heterocycles. The summed E-state index contributed by atoms with van der Waals surface area (Å²) in [5.74, 6) is -5.68. The molecular formula is C29H25N3O8. The van der Waals surface area contributed by atoms with Crippen LogP contribution in [0.4, 0.5) is 11.4 Å². The summed E-state index contributed by atoms with van der Waals surface area (Å²) >= 11 is 0. The van der Waals surface area contributed by atoms with E-state index in [1.165, 1.54) is 42.5 Å². The largest absolute Gasteiger partial charge is 0.478 e. The van der Waals surface area contributed by atoms with E-state index in [4.69, 9.17) is 4.74 Å². The highest BCUT2D eigenvalue weighted by Crippen LogP contribution is 2.51. The zero-order valence-corrected chi connectivity index (χ0v) is 21.4. The van der Waals surface area contributed by atoms with Crippen LogP contribution in [0.2, 0.25) is 0 Å². The molecule has 5 rings (SSSR count). The molecular weight excluding hydrogens is 518 g/mol. The predicted octanol–water partition coefficient (Wildman–Crippen LogP) is 3.29. The SMILES string of the molecule is CCOC(=O)[C@@]1(Cc2ccccc2)N[C@@H](c2cccc([N+](=O)[O-])c2)[C@H]2C(=O)N(c3cccc(C(=O)O)c3)C(=O)[C@H]21. The quantitative estimate of drug-likeness (QED) is 0.188. The van der Waals surface area contributed by atoms with Crippen LogP contribution in [0.25, 0.3) is 0 Å². The Kier molecular flexibility index (Phi) is 6.90. The molecule has 2 aliphatic heterocycles. The van der Waals surface area contributed by atoms with Crippen LogP contribution >= 0.6 is 0 Å². The fourth-order valence-corrected chi connectivity index (χ4v) is 5.75. The van der Waals surface area contributed by atoms with Crippen LogP contribution in [-0.2, 0) is 25.5 Å². The van der Waals surface area contributed by atoms with Crippen LogP contribution in [0.5, 0.6) is 0 Å². The minimum atomic E-state index is -1.69. The maximum Gasteiger partial charge on any atom is 0.335 e. The number of nitro benzene ring substituents is 1. The number of benzene rings is 3. The number of anilines is 1. The zero-order chi connectivity index (χ0) is 28.6. The van der Waals surface area contributed by atoms with Crippen molar-refractivity contribution in [3.05, 3.63) is 106 Å². The van der Waals surface area contributed by atoms with Gasteiger partial charge in [-0.15, -0.1) is 0 Å². The number of carboxylic acids is 1. The van der Waals surface area contributed by atoms with Gasteiger partial charge in [-0.25, -0.2) is 9.69 Å². The molecule has 2 heterocycles. The topological polar surface area (TPSA) is 156 Å². The molecule has 0 aliphatic carbocycles. The van der Waals surface area contributed by atoms with E-state index in [1.54, 1.807) is 43.3 Å². The molecule has 4 atom stereocenters. The Balaban J connectivity index is 1.69. The monoisotopic (exact) mass is 543 g/mol. The highest BCUT2D eigenvalue weighted by molar-refractivity contribution is 6.24. The van der Waals surface area contributed by atoms with Crippen molar-refractivity contribution in [1.29, 1.82) is 0 Å². The molecule has 2 aliphatic rings. The molecule has 0 spiro atoms.